The van der Waals surface area contributed by atoms with Crippen molar-refractivity contribution in [3.63, 3.8) is 0 Å². The maximum Gasteiger partial charge on any atom is 0.0408 e. The van der Waals surface area contributed by atoms with Crippen LogP contribution in [0.4, 0.5) is 11.4 Å². The highest BCUT2D eigenvalue weighted by molar-refractivity contribution is 5.61. The molecule has 0 aromatic heterocycles. The van der Waals surface area contributed by atoms with Crippen molar-refractivity contribution < 1.29 is 0 Å². The van der Waals surface area contributed by atoms with E-state index in [9.17, 15) is 0 Å². The van der Waals surface area contributed by atoms with Gasteiger partial charge in [0.1, 0.15) is 0 Å². The summed E-state index contributed by atoms with van der Waals surface area (Å²) in [5.74, 6) is 0. The van der Waals surface area contributed by atoms with Gasteiger partial charge in [0.25, 0.3) is 0 Å². The summed E-state index contributed by atoms with van der Waals surface area (Å²) < 4.78 is 0. The Morgan fingerprint density at radius 2 is 0.489 bits per heavy atom. The van der Waals surface area contributed by atoms with Gasteiger partial charge < -0.3 is 4.90 Å². The molecule has 0 aliphatic carbocycles. The van der Waals surface area contributed by atoms with E-state index in [-0.39, 0.29) is 7.43 Å². The minimum absolute atomic E-state index is 0. The van der Waals surface area contributed by atoms with Crippen LogP contribution in [0.2, 0.25) is 0 Å². The molecular formula is C44H53N. The first-order valence-electron chi connectivity index (χ1n) is 15.8. The van der Waals surface area contributed by atoms with Crippen molar-refractivity contribution in [2.45, 2.75) is 48.0 Å². The third-order valence-electron chi connectivity index (χ3n) is 6.47. The summed E-state index contributed by atoms with van der Waals surface area (Å²) in [6.45, 7) is 8.00. The molecule has 0 N–H and O–H groups in total. The second-order valence-electron chi connectivity index (χ2n) is 9.53. The highest BCUT2D eigenvalue weighted by Crippen LogP contribution is 2.22. The van der Waals surface area contributed by atoms with Crippen molar-refractivity contribution in [2.24, 2.45) is 0 Å². The number of benzene rings is 6. The molecule has 0 bridgehead atoms. The second-order valence-corrected chi connectivity index (χ2v) is 9.53. The summed E-state index contributed by atoms with van der Waals surface area (Å²) in [5.41, 5.74) is 7.89. The highest BCUT2D eigenvalue weighted by atomic mass is 15.1. The van der Waals surface area contributed by atoms with Crippen molar-refractivity contribution in [3.05, 3.63) is 204 Å². The van der Waals surface area contributed by atoms with Gasteiger partial charge in [-0.15, -0.1) is 0 Å². The van der Waals surface area contributed by atoms with E-state index < -0.39 is 0 Å². The van der Waals surface area contributed by atoms with Crippen LogP contribution >= 0.6 is 0 Å². The van der Waals surface area contributed by atoms with E-state index in [2.05, 4.69) is 182 Å². The third kappa shape index (κ3) is 15.4. The predicted molar refractivity (Wildman–Crippen MR) is 202 cm³/mol. The maximum absolute atomic E-state index is 2.17. The molecule has 0 amide bonds. The molecule has 45 heavy (non-hydrogen) atoms. The van der Waals surface area contributed by atoms with Gasteiger partial charge in [0.2, 0.25) is 0 Å². The summed E-state index contributed by atoms with van der Waals surface area (Å²) in [6.07, 6.45) is 2.06. The zero-order valence-corrected chi connectivity index (χ0v) is 27.2. The summed E-state index contributed by atoms with van der Waals surface area (Å²) in [4.78, 5) is 2.17. The number of anilines is 2. The van der Waals surface area contributed by atoms with Crippen molar-refractivity contribution in [3.8, 4) is 0 Å². The third-order valence-corrected chi connectivity index (χ3v) is 6.47. The summed E-state index contributed by atoms with van der Waals surface area (Å²) in [6, 6.07) is 62.8. The van der Waals surface area contributed by atoms with E-state index in [4.69, 9.17) is 0 Å². The second kappa shape index (κ2) is 24.6. The molecule has 0 fully saturated rings. The van der Waals surface area contributed by atoms with E-state index in [1.807, 2.05) is 39.8 Å². The molecule has 0 saturated heterocycles. The minimum atomic E-state index is 0. The first-order chi connectivity index (χ1) is 21.8. The van der Waals surface area contributed by atoms with Gasteiger partial charge in [0.05, 0.1) is 0 Å². The quantitative estimate of drug-likeness (QED) is 0.185. The normalized spacial score (nSPS) is 9.00. The van der Waals surface area contributed by atoms with Crippen molar-refractivity contribution in [1.29, 1.82) is 0 Å². The highest BCUT2D eigenvalue weighted by Gasteiger charge is 2.00. The Morgan fingerprint density at radius 1 is 0.311 bits per heavy atom. The van der Waals surface area contributed by atoms with Crippen LogP contribution in [-0.4, -0.2) is 7.05 Å². The average molecular weight is 596 g/mol. The summed E-state index contributed by atoms with van der Waals surface area (Å²) in [5, 5.41) is 0. The average Bonchev–Trinajstić information content (AvgIpc) is 3.13. The van der Waals surface area contributed by atoms with Crippen LogP contribution in [0.3, 0.4) is 0 Å². The number of hydrogen-bond acceptors (Lipinski definition) is 1. The zero-order valence-electron chi connectivity index (χ0n) is 27.2. The zero-order chi connectivity index (χ0) is 31.7. The Labute approximate surface area is 274 Å². The Bertz CT molecular complexity index is 1260. The van der Waals surface area contributed by atoms with Gasteiger partial charge in [0, 0.05) is 18.4 Å². The molecule has 1 nitrogen and oxygen atoms in total. The van der Waals surface area contributed by atoms with Crippen LogP contribution in [0, 0.1) is 0 Å². The van der Waals surface area contributed by atoms with Crippen LogP contribution < -0.4 is 4.90 Å². The lowest BCUT2D eigenvalue weighted by molar-refractivity contribution is 1.19. The number of para-hydroxylation sites is 2. The van der Waals surface area contributed by atoms with Gasteiger partial charge in [-0.3, -0.25) is 0 Å². The Hall–Kier alpha value is -4.88. The van der Waals surface area contributed by atoms with Crippen LogP contribution in [0.5, 0.6) is 0 Å². The molecule has 0 aliphatic heterocycles. The lowest BCUT2D eigenvalue weighted by Gasteiger charge is -2.18. The van der Waals surface area contributed by atoms with Gasteiger partial charge in [-0.1, -0.05) is 193 Å². The number of rotatable bonds is 6. The Balaban J connectivity index is 0.000000316. The van der Waals surface area contributed by atoms with E-state index in [1.165, 1.54) is 33.6 Å². The van der Waals surface area contributed by atoms with E-state index in [1.54, 1.807) is 0 Å². The molecule has 234 valence electrons. The summed E-state index contributed by atoms with van der Waals surface area (Å²) >= 11 is 0. The molecule has 0 atom stereocenters. The molecule has 0 unspecified atom stereocenters. The molecule has 0 radical (unpaired) electrons. The predicted octanol–water partition coefficient (Wildman–Crippen LogP) is 12.7. The molecule has 0 heterocycles. The van der Waals surface area contributed by atoms with Crippen molar-refractivity contribution in [2.75, 3.05) is 11.9 Å². The fraction of sp³-hybridized carbons (Fsp3) is 0.182. The molecule has 6 rings (SSSR count). The van der Waals surface area contributed by atoms with Crippen molar-refractivity contribution in [1.82, 2.24) is 0 Å². The molecule has 0 saturated carbocycles. The lowest BCUT2D eigenvalue weighted by Crippen LogP contribution is -2.08. The van der Waals surface area contributed by atoms with Gasteiger partial charge in [-0.05, 0) is 59.4 Å². The lowest BCUT2D eigenvalue weighted by atomic mass is 10.1. The standard InChI is InChI=1S/C13H13N.2C13H12.2C2H6.CH4/c1-14(12-8-4-2-5-9-12)13-10-6-3-7-11-13;2*1-3-7-12(8-4-1)11-13-9-5-2-6-10-13;2*1-2;/h2-11H,1H3;2*1-10H,11H2;2*1-2H3;1H4. The van der Waals surface area contributed by atoms with Crippen molar-refractivity contribution >= 4 is 11.4 Å². The van der Waals surface area contributed by atoms with E-state index >= 15 is 0 Å². The largest absolute Gasteiger partial charge is 0.345 e. The SMILES string of the molecule is C.CC.CC.CN(c1ccccc1)c1ccccc1.c1ccc(Cc2ccccc2)cc1.c1ccc(Cc2ccccc2)cc1. The molecule has 0 aliphatic rings. The first-order valence-corrected chi connectivity index (χ1v) is 15.8. The number of nitrogens with zero attached hydrogens (tertiary/aromatic N) is 1. The van der Waals surface area contributed by atoms with E-state index in [0.717, 1.165) is 12.8 Å². The topological polar surface area (TPSA) is 3.24 Å². The van der Waals surface area contributed by atoms with Gasteiger partial charge in [-0.2, -0.15) is 0 Å². The minimum Gasteiger partial charge on any atom is -0.345 e. The van der Waals surface area contributed by atoms with Crippen LogP contribution in [-0.2, 0) is 12.8 Å². The molecular weight excluding hydrogens is 542 g/mol. The summed E-state index contributed by atoms with van der Waals surface area (Å²) in [7, 11) is 2.07. The fourth-order valence-electron chi connectivity index (χ4n) is 4.31. The Kier molecular flexibility index (Phi) is 20.8. The van der Waals surface area contributed by atoms with Crippen LogP contribution in [0.1, 0.15) is 57.4 Å². The maximum atomic E-state index is 2.17. The molecule has 1 heteroatoms. The molecule has 0 spiro atoms. The molecule has 6 aromatic carbocycles. The van der Waals surface area contributed by atoms with E-state index in [0.29, 0.717) is 0 Å². The first kappa shape index (κ1) is 38.1. The molecule has 6 aromatic rings. The van der Waals surface area contributed by atoms with Crippen LogP contribution in [0.15, 0.2) is 182 Å². The number of hydrogen-bond donors (Lipinski definition) is 0. The van der Waals surface area contributed by atoms with Crippen LogP contribution in [0.25, 0.3) is 0 Å². The van der Waals surface area contributed by atoms with Gasteiger partial charge in [0.15, 0.2) is 0 Å². The fourth-order valence-corrected chi connectivity index (χ4v) is 4.31. The Morgan fingerprint density at radius 3 is 0.689 bits per heavy atom. The monoisotopic (exact) mass is 595 g/mol. The van der Waals surface area contributed by atoms with Gasteiger partial charge >= 0.3 is 0 Å². The smallest absolute Gasteiger partial charge is 0.0408 e. The van der Waals surface area contributed by atoms with Gasteiger partial charge in [-0.25, -0.2) is 0 Å².